The van der Waals surface area contributed by atoms with Gasteiger partial charge in [0.05, 0.1) is 0 Å². The first-order chi connectivity index (χ1) is 9.67. The predicted molar refractivity (Wildman–Crippen MR) is 87.6 cm³/mol. The summed E-state index contributed by atoms with van der Waals surface area (Å²) < 4.78 is 1.05. The summed E-state index contributed by atoms with van der Waals surface area (Å²) in [6.45, 7) is 5.08. The molecule has 0 aliphatic carbocycles. The molecule has 0 spiro atoms. The maximum Gasteiger partial charge on any atom is 0.229 e. The Kier molecular flexibility index (Phi) is 5.35. The number of nitrogens with one attached hydrogen (secondary N) is 2. The number of aryl methyl sites for hydroxylation is 1. The van der Waals surface area contributed by atoms with Crippen LogP contribution in [-0.2, 0) is 0 Å². The van der Waals surface area contributed by atoms with E-state index in [1.54, 1.807) is 0 Å². The third-order valence-electron chi connectivity index (χ3n) is 2.79. The highest BCUT2D eigenvalue weighted by molar-refractivity contribution is 9.10. The van der Waals surface area contributed by atoms with E-state index < -0.39 is 0 Å². The van der Waals surface area contributed by atoms with Crippen molar-refractivity contribution >= 4 is 33.4 Å². The predicted octanol–water partition coefficient (Wildman–Crippen LogP) is 4.50. The maximum absolute atomic E-state index is 4.48. The zero-order chi connectivity index (χ0) is 14.4. The fraction of sp³-hybridized carbons (Fsp3) is 0.333. The minimum atomic E-state index is 0.617. The van der Waals surface area contributed by atoms with Gasteiger partial charge in [-0.05, 0) is 37.6 Å². The van der Waals surface area contributed by atoms with Crippen molar-refractivity contribution in [1.29, 1.82) is 0 Å². The van der Waals surface area contributed by atoms with Crippen LogP contribution in [0.2, 0.25) is 0 Å². The van der Waals surface area contributed by atoms with Gasteiger partial charge in [-0.3, -0.25) is 0 Å². The molecule has 5 heteroatoms. The lowest BCUT2D eigenvalue weighted by Gasteiger charge is -2.09. The number of anilines is 3. The van der Waals surface area contributed by atoms with Crippen molar-refractivity contribution in [3.63, 3.8) is 0 Å². The monoisotopic (exact) mass is 334 g/mol. The van der Waals surface area contributed by atoms with Crippen LogP contribution >= 0.6 is 15.9 Å². The molecular formula is C15H19BrN4. The van der Waals surface area contributed by atoms with Gasteiger partial charge in [-0.15, -0.1) is 0 Å². The van der Waals surface area contributed by atoms with Crippen molar-refractivity contribution in [2.45, 2.75) is 26.7 Å². The molecule has 1 heterocycles. The van der Waals surface area contributed by atoms with E-state index in [9.17, 15) is 0 Å². The van der Waals surface area contributed by atoms with E-state index in [0.29, 0.717) is 5.95 Å². The second-order valence-corrected chi connectivity index (χ2v) is 5.55. The Bertz CT molecular complexity index is 554. The Balaban J connectivity index is 2.09. The number of nitrogens with zero attached hydrogens (tertiary/aromatic N) is 2. The second-order valence-electron chi connectivity index (χ2n) is 4.63. The zero-order valence-corrected chi connectivity index (χ0v) is 13.4. The minimum Gasteiger partial charge on any atom is -0.370 e. The summed E-state index contributed by atoms with van der Waals surface area (Å²) in [6, 6.07) is 9.90. The van der Waals surface area contributed by atoms with Gasteiger partial charge in [0.2, 0.25) is 5.95 Å². The average molecular weight is 335 g/mol. The average Bonchev–Trinajstić information content (AvgIpc) is 2.41. The number of aromatic nitrogens is 2. The first kappa shape index (κ1) is 14.8. The van der Waals surface area contributed by atoms with E-state index in [4.69, 9.17) is 0 Å². The van der Waals surface area contributed by atoms with E-state index in [1.165, 1.54) is 6.42 Å². The highest BCUT2D eigenvalue weighted by atomic mass is 79.9. The molecule has 0 saturated carbocycles. The van der Waals surface area contributed by atoms with Gasteiger partial charge in [0, 0.05) is 28.5 Å². The number of hydrogen-bond donors (Lipinski definition) is 2. The van der Waals surface area contributed by atoms with Gasteiger partial charge in [0.25, 0.3) is 0 Å². The summed E-state index contributed by atoms with van der Waals surface area (Å²) in [5, 5.41) is 6.54. The molecule has 1 aromatic carbocycles. The molecule has 0 fully saturated rings. The molecule has 0 bridgehead atoms. The summed E-state index contributed by atoms with van der Waals surface area (Å²) in [5.41, 5.74) is 1.91. The smallest absolute Gasteiger partial charge is 0.229 e. The first-order valence-corrected chi connectivity index (χ1v) is 7.59. The lowest BCUT2D eigenvalue weighted by molar-refractivity contribution is 0.830. The molecule has 0 saturated heterocycles. The molecular weight excluding hydrogens is 316 g/mol. The molecule has 106 valence electrons. The van der Waals surface area contributed by atoms with Crippen LogP contribution in [0.15, 0.2) is 34.8 Å². The van der Waals surface area contributed by atoms with E-state index in [-0.39, 0.29) is 0 Å². The van der Waals surface area contributed by atoms with Crippen molar-refractivity contribution in [2.24, 2.45) is 0 Å². The van der Waals surface area contributed by atoms with Crippen LogP contribution in [0, 0.1) is 6.92 Å². The molecule has 0 radical (unpaired) electrons. The standard InChI is InChI=1S/C15H19BrN4/c1-3-4-9-17-14-10-11(2)18-15(20-14)19-13-7-5-12(16)6-8-13/h5-8,10H,3-4,9H2,1-2H3,(H2,17,18,19,20). The summed E-state index contributed by atoms with van der Waals surface area (Å²) in [4.78, 5) is 8.88. The highest BCUT2D eigenvalue weighted by Crippen LogP contribution is 2.18. The Morgan fingerprint density at radius 3 is 2.60 bits per heavy atom. The Morgan fingerprint density at radius 2 is 1.90 bits per heavy atom. The maximum atomic E-state index is 4.48. The molecule has 2 aromatic rings. The van der Waals surface area contributed by atoms with E-state index in [1.807, 2.05) is 37.3 Å². The van der Waals surface area contributed by atoms with Gasteiger partial charge in [-0.25, -0.2) is 4.98 Å². The van der Waals surface area contributed by atoms with Crippen molar-refractivity contribution in [2.75, 3.05) is 17.2 Å². The fourth-order valence-corrected chi connectivity index (χ4v) is 2.03. The fourth-order valence-electron chi connectivity index (χ4n) is 1.77. The molecule has 0 aliphatic heterocycles. The van der Waals surface area contributed by atoms with Crippen LogP contribution in [0.5, 0.6) is 0 Å². The van der Waals surface area contributed by atoms with Gasteiger partial charge < -0.3 is 10.6 Å². The van der Waals surface area contributed by atoms with Gasteiger partial charge in [-0.2, -0.15) is 4.98 Å². The van der Waals surface area contributed by atoms with Crippen LogP contribution in [0.25, 0.3) is 0 Å². The third-order valence-corrected chi connectivity index (χ3v) is 3.32. The van der Waals surface area contributed by atoms with Crippen molar-refractivity contribution in [3.05, 3.63) is 40.5 Å². The van der Waals surface area contributed by atoms with Gasteiger partial charge in [0.15, 0.2) is 0 Å². The van der Waals surface area contributed by atoms with Crippen molar-refractivity contribution in [3.8, 4) is 0 Å². The molecule has 20 heavy (non-hydrogen) atoms. The number of hydrogen-bond acceptors (Lipinski definition) is 4. The SMILES string of the molecule is CCCCNc1cc(C)nc(Nc2ccc(Br)cc2)n1. The largest absolute Gasteiger partial charge is 0.370 e. The lowest BCUT2D eigenvalue weighted by Crippen LogP contribution is -2.06. The molecule has 4 nitrogen and oxygen atoms in total. The van der Waals surface area contributed by atoms with E-state index >= 15 is 0 Å². The van der Waals surface area contributed by atoms with Crippen LogP contribution in [0.4, 0.5) is 17.5 Å². The number of unbranched alkanes of at least 4 members (excludes halogenated alkanes) is 1. The summed E-state index contributed by atoms with van der Waals surface area (Å²) in [5.74, 6) is 1.48. The highest BCUT2D eigenvalue weighted by Gasteiger charge is 2.02. The van der Waals surface area contributed by atoms with Gasteiger partial charge in [-0.1, -0.05) is 29.3 Å². The topological polar surface area (TPSA) is 49.8 Å². The summed E-state index contributed by atoms with van der Waals surface area (Å²) in [7, 11) is 0. The summed E-state index contributed by atoms with van der Waals surface area (Å²) >= 11 is 3.42. The molecule has 0 aliphatic rings. The second kappa shape index (κ2) is 7.24. The van der Waals surface area contributed by atoms with E-state index in [0.717, 1.165) is 34.6 Å². The molecule has 0 unspecified atom stereocenters. The van der Waals surface area contributed by atoms with Crippen LogP contribution in [0.1, 0.15) is 25.5 Å². The van der Waals surface area contributed by atoms with Gasteiger partial charge >= 0.3 is 0 Å². The van der Waals surface area contributed by atoms with Crippen LogP contribution < -0.4 is 10.6 Å². The third kappa shape index (κ3) is 4.49. The normalized spacial score (nSPS) is 10.3. The molecule has 1 aromatic heterocycles. The zero-order valence-electron chi connectivity index (χ0n) is 11.8. The van der Waals surface area contributed by atoms with Crippen LogP contribution in [0.3, 0.4) is 0 Å². The van der Waals surface area contributed by atoms with Crippen LogP contribution in [-0.4, -0.2) is 16.5 Å². The lowest BCUT2D eigenvalue weighted by atomic mass is 10.3. The Morgan fingerprint density at radius 1 is 1.15 bits per heavy atom. The Labute approximate surface area is 128 Å². The van der Waals surface area contributed by atoms with E-state index in [2.05, 4.69) is 43.5 Å². The first-order valence-electron chi connectivity index (χ1n) is 6.79. The Hall–Kier alpha value is -1.62. The number of benzene rings is 1. The molecule has 0 atom stereocenters. The number of rotatable bonds is 6. The molecule has 2 N–H and O–H groups in total. The molecule has 2 rings (SSSR count). The van der Waals surface area contributed by atoms with Crippen molar-refractivity contribution < 1.29 is 0 Å². The quantitative estimate of drug-likeness (QED) is 0.763. The van der Waals surface area contributed by atoms with Gasteiger partial charge in [0.1, 0.15) is 5.82 Å². The van der Waals surface area contributed by atoms with Crippen molar-refractivity contribution in [1.82, 2.24) is 9.97 Å². The number of halogens is 1. The minimum absolute atomic E-state index is 0.617. The molecule has 0 amide bonds. The summed E-state index contributed by atoms with van der Waals surface area (Å²) in [6.07, 6.45) is 2.31.